The summed E-state index contributed by atoms with van der Waals surface area (Å²) in [6, 6.07) is 9.05. The van der Waals surface area contributed by atoms with Crippen LogP contribution < -0.4 is 5.56 Å². The van der Waals surface area contributed by atoms with Crippen LogP contribution in [0.25, 0.3) is 11.1 Å². The van der Waals surface area contributed by atoms with Gasteiger partial charge < -0.3 is 10.1 Å². The lowest BCUT2D eigenvalue weighted by Crippen LogP contribution is -2.13. The molecule has 0 atom stereocenters. The summed E-state index contributed by atoms with van der Waals surface area (Å²) >= 11 is 1.68. The minimum absolute atomic E-state index is 0.206. The van der Waals surface area contributed by atoms with Crippen LogP contribution in [0, 0.1) is 0 Å². The number of H-pyrrole nitrogens is 1. The Morgan fingerprint density at radius 3 is 2.68 bits per heavy atom. The minimum Gasteiger partial charge on any atom is -0.493 e. The van der Waals surface area contributed by atoms with Crippen LogP contribution >= 0.6 is 11.8 Å². The molecule has 2 N–H and O–H groups in total. The molecule has 0 aliphatic heterocycles. The predicted octanol–water partition coefficient (Wildman–Crippen LogP) is 2.79. The van der Waals surface area contributed by atoms with E-state index >= 15 is 0 Å². The third kappa shape index (κ3) is 3.38. The lowest BCUT2D eigenvalue weighted by molar-refractivity contribution is 0.451. The van der Waals surface area contributed by atoms with Crippen molar-refractivity contribution in [2.75, 3.05) is 5.75 Å². The lowest BCUT2D eigenvalue weighted by atomic mass is 10.1. The van der Waals surface area contributed by atoms with Gasteiger partial charge in [-0.15, -0.1) is 0 Å². The van der Waals surface area contributed by atoms with E-state index in [1.807, 2.05) is 18.2 Å². The quantitative estimate of drug-likeness (QED) is 0.824. The number of aromatic hydroxyl groups is 1. The Balaban J connectivity index is 2.30. The molecule has 4 nitrogen and oxygen atoms in total. The molecule has 19 heavy (non-hydrogen) atoms. The van der Waals surface area contributed by atoms with E-state index in [1.165, 1.54) is 0 Å². The Morgan fingerprint density at radius 1 is 1.32 bits per heavy atom. The maximum atomic E-state index is 12.0. The van der Waals surface area contributed by atoms with Gasteiger partial charge in [0, 0.05) is 0 Å². The van der Waals surface area contributed by atoms with Crippen LogP contribution in [-0.2, 0) is 5.75 Å². The van der Waals surface area contributed by atoms with E-state index in [0.29, 0.717) is 17.1 Å². The normalized spacial score (nSPS) is 10.6. The molecule has 1 heterocycles. The van der Waals surface area contributed by atoms with Crippen LogP contribution in [0.5, 0.6) is 5.88 Å². The van der Waals surface area contributed by atoms with E-state index in [9.17, 15) is 9.90 Å². The Labute approximate surface area is 115 Å². The van der Waals surface area contributed by atoms with Gasteiger partial charge in [0.25, 0.3) is 5.56 Å². The molecule has 1 aromatic carbocycles. The van der Waals surface area contributed by atoms with Crippen LogP contribution in [0.4, 0.5) is 0 Å². The highest BCUT2D eigenvalue weighted by molar-refractivity contribution is 7.98. The molecular weight excluding hydrogens is 260 g/mol. The molecule has 0 fully saturated rings. The first-order valence-electron chi connectivity index (χ1n) is 6.17. The largest absolute Gasteiger partial charge is 0.493 e. The molecule has 0 unspecified atom stereocenters. The maximum Gasteiger partial charge on any atom is 0.262 e. The summed E-state index contributed by atoms with van der Waals surface area (Å²) in [6.45, 7) is 2.10. The second-order valence-electron chi connectivity index (χ2n) is 4.13. The molecule has 0 aliphatic rings. The Bertz CT molecular complexity index is 596. The number of hydrogen-bond acceptors (Lipinski definition) is 4. The van der Waals surface area contributed by atoms with Gasteiger partial charge in [0.1, 0.15) is 11.4 Å². The molecule has 2 rings (SSSR count). The summed E-state index contributed by atoms with van der Waals surface area (Å²) in [5.74, 6) is 1.92. The molecule has 0 radical (unpaired) electrons. The minimum atomic E-state index is -0.300. The standard InChI is InChI=1S/C14H16N2O2S/c1-2-8-19-9-11-15-13(17)12(14(18)16-11)10-6-4-3-5-7-10/h3-7H,2,8-9H2,1H3,(H2,15,16,17,18). The molecule has 0 amide bonds. The number of thioether (sulfide) groups is 1. The Kier molecular flexibility index (Phi) is 4.63. The van der Waals surface area contributed by atoms with Gasteiger partial charge >= 0.3 is 0 Å². The average Bonchev–Trinajstić information content (AvgIpc) is 2.39. The molecule has 5 heteroatoms. The summed E-state index contributed by atoms with van der Waals surface area (Å²) < 4.78 is 0. The lowest BCUT2D eigenvalue weighted by Gasteiger charge is -2.05. The monoisotopic (exact) mass is 276 g/mol. The molecular formula is C14H16N2O2S. The summed E-state index contributed by atoms with van der Waals surface area (Å²) in [6.07, 6.45) is 1.07. The van der Waals surface area contributed by atoms with E-state index in [2.05, 4.69) is 16.9 Å². The molecule has 0 saturated heterocycles. The smallest absolute Gasteiger partial charge is 0.262 e. The molecule has 0 saturated carbocycles. The Hall–Kier alpha value is -1.75. The molecule has 0 aliphatic carbocycles. The predicted molar refractivity (Wildman–Crippen MR) is 78.4 cm³/mol. The fourth-order valence-electron chi connectivity index (χ4n) is 1.75. The van der Waals surface area contributed by atoms with Crippen LogP contribution in [-0.4, -0.2) is 20.8 Å². The maximum absolute atomic E-state index is 12.0. The summed E-state index contributed by atoms with van der Waals surface area (Å²) in [4.78, 5) is 18.8. The van der Waals surface area contributed by atoms with Gasteiger partial charge in [-0.2, -0.15) is 16.7 Å². The molecule has 2 aromatic rings. The van der Waals surface area contributed by atoms with Crippen LogP contribution in [0.15, 0.2) is 35.1 Å². The van der Waals surface area contributed by atoms with Crippen molar-refractivity contribution < 1.29 is 5.11 Å². The van der Waals surface area contributed by atoms with Crippen molar-refractivity contribution in [3.8, 4) is 17.0 Å². The number of aromatic amines is 1. The van der Waals surface area contributed by atoms with E-state index < -0.39 is 0 Å². The van der Waals surface area contributed by atoms with Gasteiger partial charge in [0.15, 0.2) is 0 Å². The third-order valence-electron chi connectivity index (χ3n) is 2.60. The number of hydrogen-bond donors (Lipinski definition) is 2. The Morgan fingerprint density at radius 2 is 2.05 bits per heavy atom. The molecule has 1 aromatic heterocycles. The highest BCUT2D eigenvalue weighted by Gasteiger charge is 2.12. The first-order valence-corrected chi connectivity index (χ1v) is 7.33. The average molecular weight is 276 g/mol. The van der Waals surface area contributed by atoms with Crippen LogP contribution in [0.1, 0.15) is 19.2 Å². The second-order valence-corrected chi connectivity index (χ2v) is 5.24. The zero-order valence-electron chi connectivity index (χ0n) is 10.7. The third-order valence-corrected chi connectivity index (χ3v) is 3.77. The number of rotatable bonds is 5. The van der Waals surface area contributed by atoms with Gasteiger partial charge in [0.2, 0.25) is 5.88 Å². The summed E-state index contributed by atoms with van der Waals surface area (Å²) in [7, 11) is 0. The van der Waals surface area contributed by atoms with Gasteiger partial charge in [-0.05, 0) is 17.7 Å². The highest BCUT2D eigenvalue weighted by Crippen LogP contribution is 2.23. The zero-order chi connectivity index (χ0) is 13.7. The van der Waals surface area contributed by atoms with Gasteiger partial charge in [0.05, 0.1) is 5.75 Å². The topological polar surface area (TPSA) is 66.0 Å². The summed E-state index contributed by atoms with van der Waals surface area (Å²) in [5, 5.41) is 9.94. The van der Waals surface area contributed by atoms with Crippen molar-refractivity contribution in [2.24, 2.45) is 0 Å². The number of nitrogens with one attached hydrogen (secondary N) is 1. The summed E-state index contributed by atoms with van der Waals surface area (Å²) in [5.41, 5.74) is 0.595. The first-order chi connectivity index (χ1) is 9.22. The molecule has 0 bridgehead atoms. The van der Waals surface area contributed by atoms with Crippen molar-refractivity contribution in [3.05, 3.63) is 46.5 Å². The van der Waals surface area contributed by atoms with E-state index in [0.717, 1.165) is 12.2 Å². The fourth-order valence-corrected chi connectivity index (χ4v) is 2.52. The van der Waals surface area contributed by atoms with Crippen molar-refractivity contribution in [1.82, 2.24) is 9.97 Å². The van der Waals surface area contributed by atoms with Gasteiger partial charge in [-0.25, -0.2) is 0 Å². The van der Waals surface area contributed by atoms with Crippen molar-refractivity contribution in [1.29, 1.82) is 0 Å². The van der Waals surface area contributed by atoms with E-state index in [-0.39, 0.29) is 17.0 Å². The van der Waals surface area contributed by atoms with Crippen LogP contribution in [0.2, 0.25) is 0 Å². The SMILES string of the molecule is CCCSCc1nc(O)c(-c2ccccc2)c(=O)[nH]1. The molecule has 0 spiro atoms. The number of aromatic nitrogens is 2. The zero-order valence-corrected chi connectivity index (χ0v) is 11.5. The highest BCUT2D eigenvalue weighted by atomic mass is 32.2. The fraction of sp³-hybridized carbons (Fsp3) is 0.286. The van der Waals surface area contributed by atoms with Gasteiger partial charge in [-0.1, -0.05) is 37.3 Å². The van der Waals surface area contributed by atoms with Crippen molar-refractivity contribution in [2.45, 2.75) is 19.1 Å². The van der Waals surface area contributed by atoms with Gasteiger partial charge in [-0.3, -0.25) is 4.79 Å². The first kappa shape index (κ1) is 13.7. The van der Waals surface area contributed by atoms with E-state index in [1.54, 1.807) is 23.9 Å². The number of nitrogens with zero attached hydrogens (tertiary/aromatic N) is 1. The van der Waals surface area contributed by atoms with Crippen molar-refractivity contribution >= 4 is 11.8 Å². The molecule has 100 valence electrons. The van der Waals surface area contributed by atoms with Crippen LogP contribution in [0.3, 0.4) is 0 Å². The van der Waals surface area contributed by atoms with E-state index in [4.69, 9.17) is 0 Å². The van der Waals surface area contributed by atoms with Crippen molar-refractivity contribution in [3.63, 3.8) is 0 Å². The number of benzene rings is 1. The second kappa shape index (κ2) is 6.43.